The third-order valence-electron chi connectivity index (χ3n) is 3.25. The SMILES string of the molecule is CCC(CC)N=Cc1cc(O)cc2ccccc12. The Balaban J connectivity index is 2.43. The van der Waals surface area contributed by atoms with Gasteiger partial charge in [0.15, 0.2) is 0 Å². The Labute approximate surface area is 108 Å². The molecular weight excluding hydrogens is 222 g/mol. The number of fused-ring (bicyclic) bond motifs is 1. The summed E-state index contributed by atoms with van der Waals surface area (Å²) < 4.78 is 0. The number of phenols is 1. The van der Waals surface area contributed by atoms with Crippen molar-refractivity contribution in [1.82, 2.24) is 0 Å². The summed E-state index contributed by atoms with van der Waals surface area (Å²) in [6.07, 6.45) is 3.98. The number of aromatic hydroxyl groups is 1. The molecule has 0 unspecified atom stereocenters. The predicted octanol–water partition coefficient (Wildman–Crippen LogP) is 4.15. The molecule has 0 aliphatic rings. The Kier molecular flexibility index (Phi) is 3.98. The zero-order valence-electron chi connectivity index (χ0n) is 10.9. The molecule has 0 atom stereocenters. The predicted molar refractivity (Wildman–Crippen MR) is 77.6 cm³/mol. The average Bonchev–Trinajstić information content (AvgIpc) is 2.39. The van der Waals surface area contributed by atoms with Gasteiger partial charge in [-0.15, -0.1) is 0 Å². The maximum absolute atomic E-state index is 9.73. The summed E-state index contributed by atoms with van der Waals surface area (Å²) in [7, 11) is 0. The summed E-state index contributed by atoms with van der Waals surface area (Å²) in [6, 6.07) is 12.0. The lowest BCUT2D eigenvalue weighted by Crippen LogP contribution is -2.00. The largest absolute Gasteiger partial charge is 0.508 e. The molecule has 18 heavy (non-hydrogen) atoms. The highest BCUT2D eigenvalue weighted by Gasteiger charge is 2.03. The second-order valence-electron chi connectivity index (χ2n) is 4.50. The Morgan fingerprint density at radius 2 is 1.89 bits per heavy atom. The van der Waals surface area contributed by atoms with E-state index in [0.29, 0.717) is 11.8 Å². The molecule has 94 valence electrons. The third kappa shape index (κ3) is 2.70. The summed E-state index contributed by atoms with van der Waals surface area (Å²) in [5.74, 6) is 0.291. The molecule has 2 heteroatoms. The lowest BCUT2D eigenvalue weighted by atomic mass is 10.0. The van der Waals surface area contributed by atoms with Crippen molar-refractivity contribution in [2.45, 2.75) is 32.7 Å². The number of benzene rings is 2. The summed E-state index contributed by atoms with van der Waals surface area (Å²) in [5, 5.41) is 11.9. The van der Waals surface area contributed by atoms with Gasteiger partial charge in [-0.3, -0.25) is 4.99 Å². The molecule has 2 aromatic rings. The van der Waals surface area contributed by atoms with Crippen LogP contribution in [0.15, 0.2) is 41.4 Å². The molecular formula is C16H19NO. The number of phenolic OH excluding ortho intramolecular Hbond substituents is 1. The number of hydrogen-bond acceptors (Lipinski definition) is 2. The first-order valence-electron chi connectivity index (χ1n) is 6.49. The molecule has 0 radical (unpaired) electrons. The van der Waals surface area contributed by atoms with Crippen molar-refractivity contribution in [2.24, 2.45) is 4.99 Å². The molecule has 0 aromatic heterocycles. The highest BCUT2D eigenvalue weighted by molar-refractivity contribution is 6.00. The number of rotatable bonds is 4. The van der Waals surface area contributed by atoms with E-state index in [0.717, 1.165) is 29.2 Å². The molecule has 2 aromatic carbocycles. The second-order valence-corrected chi connectivity index (χ2v) is 4.50. The minimum absolute atomic E-state index is 0.291. The van der Waals surface area contributed by atoms with Crippen LogP contribution < -0.4 is 0 Å². The maximum Gasteiger partial charge on any atom is 0.116 e. The molecule has 2 nitrogen and oxygen atoms in total. The van der Waals surface area contributed by atoms with Gasteiger partial charge in [-0.05, 0) is 35.7 Å². The topological polar surface area (TPSA) is 32.6 Å². The van der Waals surface area contributed by atoms with E-state index in [1.54, 1.807) is 12.1 Å². The van der Waals surface area contributed by atoms with Crippen LogP contribution >= 0.6 is 0 Å². The Morgan fingerprint density at radius 1 is 1.17 bits per heavy atom. The van der Waals surface area contributed by atoms with Crippen molar-refractivity contribution in [3.63, 3.8) is 0 Å². The van der Waals surface area contributed by atoms with Crippen LogP contribution in [0.2, 0.25) is 0 Å². The van der Waals surface area contributed by atoms with Gasteiger partial charge in [0, 0.05) is 17.8 Å². The molecule has 0 bridgehead atoms. The normalized spacial score (nSPS) is 11.7. The highest BCUT2D eigenvalue weighted by Crippen LogP contribution is 2.23. The van der Waals surface area contributed by atoms with E-state index in [9.17, 15) is 5.11 Å². The van der Waals surface area contributed by atoms with Crippen LogP contribution in [-0.2, 0) is 0 Å². The van der Waals surface area contributed by atoms with E-state index >= 15 is 0 Å². The van der Waals surface area contributed by atoms with Crippen LogP contribution in [0.25, 0.3) is 10.8 Å². The Bertz CT molecular complexity index is 556. The quantitative estimate of drug-likeness (QED) is 0.801. The van der Waals surface area contributed by atoms with Crippen LogP contribution in [0.3, 0.4) is 0 Å². The zero-order valence-corrected chi connectivity index (χ0v) is 10.9. The Morgan fingerprint density at radius 3 is 2.61 bits per heavy atom. The minimum Gasteiger partial charge on any atom is -0.508 e. The first kappa shape index (κ1) is 12.6. The molecule has 0 spiro atoms. The van der Waals surface area contributed by atoms with Crippen molar-refractivity contribution >= 4 is 17.0 Å². The number of aliphatic imine (C=N–C) groups is 1. The van der Waals surface area contributed by atoms with E-state index in [2.05, 4.69) is 24.9 Å². The van der Waals surface area contributed by atoms with Crippen LogP contribution in [0.5, 0.6) is 5.75 Å². The van der Waals surface area contributed by atoms with Gasteiger partial charge >= 0.3 is 0 Å². The van der Waals surface area contributed by atoms with Gasteiger partial charge in [-0.2, -0.15) is 0 Å². The highest BCUT2D eigenvalue weighted by atomic mass is 16.3. The fraction of sp³-hybridized carbons (Fsp3) is 0.312. The van der Waals surface area contributed by atoms with Crippen LogP contribution in [0.4, 0.5) is 0 Å². The van der Waals surface area contributed by atoms with E-state index in [4.69, 9.17) is 0 Å². The average molecular weight is 241 g/mol. The second kappa shape index (κ2) is 5.67. The van der Waals surface area contributed by atoms with Crippen LogP contribution in [0, 0.1) is 0 Å². The number of hydrogen-bond donors (Lipinski definition) is 1. The van der Waals surface area contributed by atoms with Gasteiger partial charge in [-0.1, -0.05) is 38.1 Å². The van der Waals surface area contributed by atoms with Crippen molar-refractivity contribution in [3.05, 3.63) is 42.0 Å². The van der Waals surface area contributed by atoms with Gasteiger partial charge in [-0.25, -0.2) is 0 Å². The maximum atomic E-state index is 9.73. The fourth-order valence-electron chi connectivity index (χ4n) is 2.12. The van der Waals surface area contributed by atoms with Crippen LogP contribution in [0.1, 0.15) is 32.3 Å². The van der Waals surface area contributed by atoms with Crippen molar-refractivity contribution < 1.29 is 5.11 Å². The van der Waals surface area contributed by atoms with Gasteiger partial charge in [0.25, 0.3) is 0 Å². The lowest BCUT2D eigenvalue weighted by Gasteiger charge is -2.07. The van der Waals surface area contributed by atoms with Gasteiger partial charge in [0.2, 0.25) is 0 Å². The lowest BCUT2D eigenvalue weighted by molar-refractivity contribution is 0.476. The Hall–Kier alpha value is -1.83. The van der Waals surface area contributed by atoms with E-state index < -0.39 is 0 Å². The minimum atomic E-state index is 0.291. The standard InChI is InChI=1S/C16H19NO/c1-3-14(4-2)17-11-13-10-15(18)9-12-7-5-6-8-16(12)13/h5-11,14,18H,3-4H2,1-2H3. The molecule has 0 saturated carbocycles. The van der Waals surface area contributed by atoms with Gasteiger partial charge < -0.3 is 5.11 Å². The van der Waals surface area contributed by atoms with Gasteiger partial charge in [0.1, 0.15) is 5.75 Å². The molecule has 1 N–H and O–H groups in total. The third-order valence-corrected chi connectivity index (χ3v) is 3.25. The summed E-state index contributed by atoms with van der Waals surface area (Å²) in [5.41, 5.74) is 0.984. The summed E-state index contributed by atoms with van der Waals surface area (Å²) in [6.45, 7) is 4.29. The van der Waals surface area contributed by atoms with Gasteiger partial charge in [0.05, 0.1) is 0 Å². The first-order valence-corrected chi connectivity index (χ1v) is 6.49. The van der Waals surface area contributed by atoms with E-state index in [-0.39, 0.29) is 0 Å². The van der Waals surface area contributed by atoms with Crippen molar-refractivity contribution in [1.29, 1.82) is 0 Å². The summed E-state index contributed by atoms with van der Waals surface area (Å²) >= 11 is 0. The smallest absolute Gasteiger partial charge is 0.116 e. The monoisotopic (exact) mass is 241 g/mol. The molecule has 0 heterocycles. The molecule has 0 fully saturated rings. The molecule has 0 aliphatic heterocycles. The molecule has 0 saturated heterocycles. The molecule has 0 amide bonds. The fourth-order valence-corrected chi connectivity index (χ4v) is 2.12. The molecule has 0 aliphatic carbocycles. The number of nitrogens with zero attached hydrogens (tertiary/aromatic N) is 1. The van der Waals surface area contributed by atoms with E-state index in [1.165, 1.54) is 0 Å². The van der Waals surface area contributed by atoms with E-state index in [1.807, 2.05) is 24.4 Å². The summed E-state index contributed by atoms with van der Waals surface area (Å²) in [4.78, 5) is 4.59. The van der Waals surface area contributed by atoms with Crippen LogP contribution in [-0.4, -0.2) is 17.4 Å². The van der Waals surface area contributed by atoms with Crippen molar-refractivity contribution in [2.75, 3.05) is 0 Å². The zero-order chi connectivity index (χ0) is 13.0. The first-order chi connectivity index (χ1) is 8.74. The van der Waals surface area contributed by atoms with Crippen molar-refractivity contribution in [3.8, 4) is 5.75 Å². The molecule has 2 rings (SSSR count).